The number of methoxy groups -OCH3 is 1. The third-order valence-corrected chi connectivity index (χ3v) is 2.83. The van der Waals surface area contributed by atoms with Gasteiger partial charge in [0.15, 0.2) is 0 Å². The fourth-order valence-electron chi connectivity index (χ4n) is 1.86. The van der Waals surface area contributed by atoms with Gasteiger partial charge in [-0.15, -0.1) is 0 Å². The minimum atomic E-state index is 0.252. The standard InChI is InChI=1S/C13H12ClN3O/c1-8-5-9(14)6-10(13(8)18-2)11-7-16-12(17-11)3-4-15/h5-7H,3H2,1-2H3,(H,16,17). The second-order valence-corrected chi connectivity index (χ2v) is 4.32. The van der Waals surface area contributed by atoms with E-state index in [4.69, 9.17) is 21.6 Å². The third kappa shape index (κ3) is 2.31. The van der Waals surface area contributed by atoms with Gasteiger partial charge in [-0.1, -0.05) is 11.6 Å². The highest BCUT2D eigenvalue weighted by Gasteiger charge is 2.12. The molecular weight excluding hydrogens is 250 g/mol. The first kappa shape index (κ1) is 12.5. The summed E-state index contributed by atoms with van der Waals surface area (Å²) in [5, 5.41) is 9.27. The summed E-state index contributed by atoms with van der Waals surface area (Å²) in [6.45, 7) is 1.93. The topological polar surface area (TPSA) is 61.7 Å². The van der Waals surface area contributed by atoms with Gasteiger partial charge in [-0.25, -0.2) is 4.98 Å². The minimum absolute atomic E-state index is 0.252. The largest absolute Gasteiger partial charge is 0.496 e. The Balaban J connectivity index is 2.52. The Labute approximate surface area is 110 Å². The van der Waals surface area contributed by atoms with Crippen molar-refractivity contribution in [3.05, 3.63) is 34.7 Å². The Bertz CT molecular complexity index is 613. The molecule has 1 heterocycles. The summed E-state index contributed by atoms with van der Waals surface area (Å²) in [7, 11) is 1.62. The number of aromatic amines is 1. The number of nitrogens with zero attached hydrogens (tertiary/aromatic N) is 2. The summed E-state index contributed by atoms with van der Waals surface area (Å²) < 4.78 is 5.38. The van der Waals surface area contributed by atoms with Crippen LogP contribution in [-0.4, -0.2) is 17.1 Å². The smallest absolute Gasteiger partial charge is 0.131 e. The van der Waals surface area contributed by atoms with E-state index in [9.17, 15) is 0 Å². The Morgan fingerprint density at radius 3 is 2.94 bits per heavy atom. The van der Waals surface area contributed by atoms with Crippen molar-refractivity contribution in [1.82, 2.24) is 9.97 Å². The summed E-state index contributed by atoms with van der Waals surface area (Å²) in [6, 6.07) is 5.71. The second kappa shape index (κ2) is 5.11. The molecule has 0 fully saturated rings. The molecule has 0 spiro atoms. The van der Waals surface area contributed by atoms with Gasteiger partial charge in [0, 0.05) is 10.6 Å². The van der Waals surface area contributed by atoms with E-state index in [0.717, 1.165) is 22.6 Å². The van der Waals surface area contributed by atoms with Crippen LogP contribution in [0.25, 0.3) is 11.3 Å². The number of benzene rings is 1. The van der Waals surface area contributed by atoms with Gasteiger partial charge < -0.3 is 9.72 Å². The first-order valence-corrected chi connectivity index (χ1v) is 5.79. The van der Waals surface area contributed by atoms with Gasteiger partial charge in [-0.3, -0.25) is 0 Å². The number of halogens is 1. The van der Waals surface area contributed by atoms with Gasteiger partial charge in [-0.05, 0) is 24.6 Å². The van der Waals surface area contributed by atoms with Crippen molar-refractivity contribution in [1.29, 1.82) is 5.26 Å². The molecule has 18 heavy (non-hydrogen) atoms. The quantitative estimate of drug-likeness (QED) is 0.923. The molecule has 4 nitrogen and oxygen atoms in total. The van der Waals surface area contributed by atoms with Crippen molar-refractivity contribution in [3.63, 3.8) is 0 Å². The summed E-state index contributed by atoms with van der Waals surface area (Å²) in [6.07, 6.45) is 1.93. The highest BCUT2D eigenvalue weighted by Crippen LogP contribution is 2.34. The highest BCUT2D eigenvalue weighted by molar-refractivity contribution is 6.31. The number of nitriles is 1. The van der Waals surface area contributed by atoms with Crippen LogP contribution in [0, 0.1) is 18.3 Å². The van der Waals surface area contributed by atoms with E-state index in [2.05, 4.69) is 9.97 Å². The van der Waals surface area contributed by atoms with Gasteiger partial charge in [0.25, 0.3) is 0 Å². The molecule has 1 aromatic carbocycles. The summed E-state index contributed by atoms with van der Waals surface area (Å²) >= 11 is 6.05. The maximum Gasteiger partial charge on any atom is 0.131 e. The maximum absolute atomic E-state index is 8.63. The molecule has 0 aliphatic rings. The Morgan fingerprint density at radius 1 is 1.50 bits per heavy atom. The van der Waals surface area contributed by atoms with Crippen LogP contribution in [0.3, 0.4) is 0 Å². The highest BCUT2D eigenvalue weighted by atomic mass is 35.5. The molecule has 0 aliphatic carbocycles. The molecule has 0 amide bonds. The zero-order valence-electron chi connectivity index (χ0n) is 10.1. The van der Waals surface area contributed by atoms with Crippen LogP contribution in [0.4, 0.5) is 0 Å². The number of rotatable bonds is 3. The zero-order valence-corrected chi connectivity index (χ0v) is 10.9. The van der Waals surface area contributed by atoms with Crippen molar-refractivity contribution >= 4 is 11.6 Å². The average molecular weight is 262 g/mol. The van der Waals surface area contributed by atoms with Crippen LogP contribution in [0.2, 0.25) is 5.02 Å². The first-order chi connectivity index (χ1) is 8.65. The Hall–Kier alpha value is -1.99. The predicted octanol–water partition coefficient (Wildman–Crippen LogP) is 3.11. The number of imidazole rings is 1. The fraction of sp³-hybridized carbons (Fsp3) is 0.231. The number of nitrogens with one attached hydrogen (secondary N) is 1. The molecule has 0 aliphatic heterocycles. The molecule has 0 saturated heterocycles. The third-order valence-electron chi connectivity index (χ3n) is 2.61. The predicted molar refractivity (Wildman–Crippen MR) is 69.6 cm³/mol. The van der Waals surface area contributed by atoms with Crippen molar-refractivity contribution in [2.24, 2.45) is 0 Å². The van der Waals surface area contributed by atoms with Crippen molar-refractivity contribution in [2.45, 2.75) is 13.3 Å². The molecule has 0 saturated carbocycles. The molecule has 2 aromatic rings. The number of aryl methyl sites for hydroxylation is 1. The Kier molecular flexibility index (Phi) is 3.54. The van der Waals surface area contributed by atoms with Crippen molar-refractivity contribution < 1.29 is 4.74 Å². The molecule has 1 N–H and O–H groups in total. The Morgan fingerprint density at radius 2 is 2.28 bits per heavy atom. The van der Waals surface area contributed by atoms with E-state index in [1.165, 1.54) is 0 Å². The van der Waals surface area contributed by atoms with Crippen LogP contribution in [0.5, 0.6) is 5.75 Å². The van der Waals surface area contributed by atoms with Crippen LogP contribution in [-0.2, 0) is 6.42 Å². The lowest BCUT2D eigenvalue weighted by Gasteiger charge is -2.10. The number of hydrogen-bond acceptors (Lipinski definition) is 3. The summed E-state index contributed by atoms with van der Waals surface area (Å²) in [5.74, 6) is 1.39. The first-order valence-electron chi connectivity index (χ1n) is 5.41. The number of aromatic nitrogens is 2. The zero-order chi connectivity index (χ0) is 13.1. The number of H-pyrrole nitrogens is 1. The van der Waals surface area contributed by atoms with E-state index in [1.807, 2.05) is 25.1 Å². The number of ether oxygens (including phenoxy) is 1. The molecule has 0 unspecified atom stereocenters. The van der Waals surface area contributed by atoms with E-state index in [0.29, 0.717) is 10.8 Å². The molecule has 5 heteroatoms. The van der Waals surface area contributed by atoms with Crippen molar-refractivity contribution in [2.75, 3.05) is 7.11 Å². The second-order valence-electron chi connectivity index (χ2n) is 3.88. The lowest BCUT2D eigenvalue weighted by molar-refractivity contribution is 0.413. The maximum atomic E-state index is 8.63. The molecule has 2 rings (SSSR count). The lowest BCUT2D eigenvalue weighted by Crippen LogP contribution is -1.92. The van der Waals surface area contributed by atoms with E-state index in [1.54, 1.807) is 13.3 Å². The normalized spacial score (nSPS) is 10.1. The van der Waals surface area contributed by atoms with E-state index >= 15 is 0 Å². The fourth-order valence-corrected chi connectivity index (χ4v) is 2.14. The molecule has 0 bridgehead atoms. The average Bonchev–Trinajstić information content (AvgIpc) is 2.77. The SMILES string of the molecule is COc1c(C)cc(Cl)cc1-c1cnc(CC#N)[nH]1. The molecular formula is C13H12ClN3O. The molecule has 92 valence electrons. The van der Waals surface area contributed by atoms with Gasteiger partial charge in [0.05, 0.1) is 31.5 Å². The van der Waals surface area contributed by atoms with Crippen LogP contribution in [0.15, 0.2) is 18.3 Å². The van der Waals surface area contributed by atoms with Crippen molar-refractivity contribution in [3.8, 4) is 23.1 Å². The minimum Gasteiger partial charge on any atom is -0.496 e. The summed E-state index contributed by atoms with van der Waals surface area (Å²) in [4.78, 5) is 7.23. The lowest BCUT2D eigenvalue weighted by atomic mass is 10.1. The van der Waals surface area contributed by atoms with Gasteiger partial charge in [0.1, 0.15) is 11.6 Å². The van der Waals surface area contributed by atoms with E-state index in [-0.39, 0.29) is 6.42 Å². The van der Waals surface area contributed by atoms with Gasteiger partial charge in [0.2, 0.25) is 0 Å². The molecule has 1 aromatic heterocycles. The summed E-state index contributed by atoms with van der Waals surface area (Å²) in [5.41, 5.74) is 2.60. The molecule has 0 radical (unpaired) electrons. The molecule has 0 atom stereocenters. The number of hydrogen-bond donors (Lipinski definition) is 1. The van der Waals surface area contributed by atoms with Crippen LogP contribution in [0.1, 0.15) is 11.4 Å². The van der Waals surface area contributed by atoms with Gasteiger partial charge >= 0.3 is 0 Å². The van der Waals surface area contributed by atoms with Crippen LogP contribution < -0.4 is 4.74 Å². The van der Waals surface area contributed by atoms with Crippen LogP contribution >= 0.6 is 11.6 Å². The monoisotopic (exact) mass is 261 g/mol. The van der Waals surface area contributed by atoms with Gasteiger partial charge in [-0.2, -0.15) is 5.26 Å². The van der Waals surface area contributed by atoms with E-state index < -0.39 is 0 Å².